The van der Waals surface area contributed by atoms with Crippen molar-refractivity contribution in [1.82, 2.24) is 0 Å². The number of aliphatic hydroxyl groups excluding tert-OH is 1. The van der Waals surface area contributed by atoms with Gasteiger partial charge in [-0.2, -0.15) is 0 Å². The number of benzene rings is 2. The molecule has 3 aromatic rings. The van der Waals surface area contributed by atoms with E-state index in [1.54, 1.807) is 18.2 Å². The fourth-order valence-corrected chi connectivity index (χ4v) is 3.79. The highest BCUT2D eigenvalue weighted by Crippen LogP contribution is 2.53. The number of hydrogen-bond acceptors (Lipinski definition) is 5. The molecule has 5 nitrogen and oxygen atoms in total. The molecule has 0 radical (unpaired) electrons. The van der Waals surface area contributed by atoms with Crippen molar-refractivity contribution in [3.05, 3.63) is 46.1 Å². The Labute approximate surface area is 137 Å². The molecule has 24 heavy (non-hydrogen) atoms. The average molecular weight is 324 g/mol. The molecule has 5 rings (SSSR count). The van der Waals surface area contributed by atoms with E-state index in [1.807, 2.05) is 6.07 Å². The predicted octanol–water partition coefficient (Wildman–Crippen LogP) is 2.73. The molecule has 0 saturated heterocycles. The molecule has 0 spiro atoms. The van der Waals surface area contributed by atoms with Crippen molar-refractivity contribution >= 4 is 21.9 Å². The van der Waals surface area contributed by atoms with Gasteiger partial charge in [-0.05, 0) is 37.1 Å². The minimum absolute atomic E-state index is 0.0785. The number of ether oxygens (including phenoxy) is 1. The molecule has 2 heterocycles. The summed E-state index contributed by atoms with van der Waals surface area (Å²) in [5.74, 6) is 0.597. The molecule has 2 aliphatic rings. The van der Waals surface area contributed by atoms with Gasteiger partial charge in [-0.1, -0.05) is 6.07 Å². The van der Waals surface area contributed by atoms with Crippen molar-refractivity contribution < 1.29 is 19.4 Å². The third kappa shape index (κ3) is 1.70. The summed E-state index contributed by atoms with van der Waals surface area (Å²) in [7, 11) is 0. The monoisotopic (exact) mass is 324 g/mol. The SMILES string of the molecule is O=c1c2c(O)cccc2oc2ccc3c(c12)CC(C1(CO)CC1)O3. The van der Waals surface area contributed by atoms with Gasteiger partial charge in [0, 0.05) is 17.4 Å². The standard InChI is InChI=1S/C19H16O5/c20-9-19(6-7-19)15-8-10-12(24-15)4-5-14-16(10)18(22)17-11(21)2-1-3-13(17)23-14/h1-5,15,20-21H,6-9H2. The number of fused-ring (bicyclic) bond motifs is 4. The molecule has 2 aromatic carbocycles. The molecule has 0 amide bonds. The molecule has 1 atom stereocenters. The van der Waals surface area contributed by atoms with Crippen molar-refractivity contribution in [2.24, 2.45) is 5.41 Å². The summed E-state index contributed by atoms with van der Waals surface area (Å²) in [6, 6.07) is 8.37. The largest absolute Gasteiger partial charge is 0.507 e. The van der Waals surface area contributed by atoms with E-state index in [-0.39, 0.29) is 34.7 Å². The molecule has 1 saturated carbocycles. The van der Waals surface area contributed by atoms with Crippen LogP contribution >= 0.6 is 0 Å². The molecule has 5 heteroatoms. The summed E-state index contributed by atoms with van der Waals surface area (Å²) in [4.78, 5) is 13.0. The molecule has 1 aromatic heterocycles. The summed E-state index contributed by atoms with van der Waals surface area (Å²) in [6.07, 6.45) is 2.36. The van der Waals surface area contributed by atoms with Crippen molar-refractivity contribution in [3.8, 4) is 11.5 Å². The molecule has 1 aliphatic carbocycles. The van der Waals surface area contributed by atoms with Crippen LogP contribution in [-0.2, 0) is 6.42 Å². The van der Waals surface area contributed by atoms with E-state index in [0.717, 1.165) is 18.4 Å². The lowest BCUT2D eigenvalue weighted by molar-refractivity contribution is 0.0857. The molecule has 1 fully saturated rings. The van der Waals surface area contributed by atoms with Crippen LogP contribution in [0.4, 0.5) is 0 Å². The molecule has 2 N–H and O–H groups in total. The second kappa shape index (κ2) is 4.51. The van der Waals surface area contributed by atoms with E-state index in [4.69, 9.17) is 9.15 Å². The molecular formula is C19H16O5. The summed E-state index contributed by atoms with van der Waals surface area (Å²) >= 11 is 0. The van der Waals surface area contributed by atoms with Gasteiger partial charge in [0.25, 0.3) is 0 Å². The summed E-state index contributed by atoms with van der Waals surface area (Å²) in [6.45, 7) is 0.0991. The third-order valence-electron chi connectivity index (χ3n) is 5.46. The van der Waals surface area contributed by atoms with Gasteiger partial charge in [0.1, 0.15) is 34.2 Å². The van der Waals surface area contributed by atoms with E-state index in [1.165, 1.54) is 6.07 Å². The number of hydrogen-bond donors (Lipinski definition) is 2. The highest BCUT2D eigenvalue weighted by molar-refractivity contribution is 5.95. The van der Waals surface area contributed by atoms with Crippen molar-refractivity contribution in [1.29, 1.82) is 0 Å². The van der Waals surface area contributed by atoms with Crippen molar-refractivity contribution in [2.45, 2.75) is 25.4 Å². The quantitative estimate of drug-likeness (QED) is 0.709. The molecular weight excluding hydrogens is 308 g/mol. The second-order valence-electron chi connectivity index (χ2n) is 6.83. The lowest BCUT2D eigenvalue weighted by Gasteiger charge is -2.19. The minimum Gasteiger partial charge on any atom is -0.507 e. The summed E-state index contributed by atoms with van der Waals surface area (Å²) in [5.41, 5.74) is 1.27. The zero-order valence-electron chi connectivity index (χ0n) is 12.9. The second-order valence-corrected chi connectivity index (χ2v) is 6.83. The molecule has 1 unspecified atom stereocenters. The highest BCUT2D eigenvalue weighted by atomic mass is 16.5. The smallest absolute Gasteiger partial charge is 0.204 e. The van der Waals surface area contributed by atoms with Crippen LogP contribution in [0.3, 0.4) is 0 Å². The Morgan fingerprint density at radius 1 is 1.12 bits per heavy atom. The van der Waals surface area contributed by atoms with Gasteiger partial charge in [0.15, 0.2) is 0 Å². The van der Waals surface area contributed by atoms with Gasteiger partial charge in [0.2, 0.25) is 5.43 Å². The predicted molar refractivity (Wildman–Crippen MR) is 88.5 cm³/mol. The Balaban J connectivity index is 1.77. The third-order valence-corrected chi connectivity index (χ3v) is 5.46. The first-order chi connectivity index (χ1) is 11.6. The van der Waals surface area contributed by atoms with Gasteiger partial charge >= 0.3 is 0 Å². The fourth-order valence-electron chi connectivity index (χ4n) is 3.79. The Kier molecular flexibility index (Phi) is 2.61. The lowest BCUT2D eigenvalue weighted by atomic mass is 9.94. The maximum absolute atomic E-state index is 13.0. The normalized spacial score (nSPS) is 21.0. The number of aliphatic hydroxyl groups is 1. The lowest BCUT2D eigenvalue weighted by Crippen LogP contribution is -2.29. The van der Waals surface area contributed by atoms with Crippen LogP contribution < -0.4 is 10.2 Å². The van der Waals surface area contributed by atoms with E-state index in [0.29, 0.717) is 28.7 Å². The Hall–Kier alpha value is -2.53. The summed E-state index contributed by atoms with van der Waals surface area (Å²) < 4.78 is 11.9. The van der Waals surface area contributed by atoms with E-state index >= 15 is 0 Å². The number of aromatic hydroxyl groups is 1. The maximum atomic E-state index is 13.0. The van der Waals surface area contributed by atoms with Crippen LogP contribution in [-0.4, -0.2) is 22.9 Å². The Morgan fingerprint density at radius 3 is 2.67 bits per heavy atom. The van der Waals surface area contributed by atoms with Crippen LogP contribution in [0.2, 0.25) is 0 Å². The van der Waals surface area contributed by atoms with Gasteiger partial charge in [-0.15, -0.1) is 0 Å². The van der Waals surface area contributed by atoms with Crippen LogP contribution in [0.5, 0.6) is 11.5 Å². The van der Waals surface area contributed by atoms with Gasteiger partial charge in [0.05, 0.1) is 12.0 Å². The van der Waals surface area contributed by atoms with E-state index < -0.39 is 0 Å². The van der Waals surface area contributed by atoms with Crippen molar-refractivity contribution in [2.75, 3.05) is 6.61 Å². The van der Waals surface area contributed by atoms with Crippen LogP contribution in [0.1, 0.15) is 18.4 Å². The summed E-state index contributed by atoms with van der Waals surface area (Å²) in [5, 5.41) is 20.4. The van der Waals surface area contributed by atoms with E-state index in [2.05, 4.69) is 0 Å². The van der Waals surface area contributed by atoms with Crippen LogP contribution in [0.15, 0.2) is 39.5 Å². The van der Waals surface area contributed by atoms with Gasteiger partial charge in [-0.25, -0.2) is 0 Å². The number of phenolic OH excluding ortho intramolecular Hbond substituents is 1. The number of rotatable bonds is 2. The van der Waals surface area contributed by atoms with Gasteiger partial charge in [-0.3, -0.25) is 4.79 Å². The average Bonchev–Trinajstić information content (AvgIpc) is 3.26. The Bertz CT molecular complexity index is 1040. The minimum atomic E-state index is -0.237. The fraction of sp³-hybridized carbons (Fsp3) is 0.316. The van der Waals surface area contributed by atoms with Crippen LogP contribution in [0, 0.1) is 5.41 Å². The van der Waals surface area contributed by atoms with Crippen LogP contribution in [0.25, 0.3) is 21.9 Å². The first-order valence-electron chi connectivity index (χ1n) is 8.11. The maximum Gasteiger partial charge on any atom is 0.204 e. The topological polar surface area (TPSA) is 79.9 Å². The van der Waals surface area contributed by atoms with Crippen molar-refractivity contribution in [3.63, 3.8) is 0 Å². The number of phenols is 1. The zero-order chi connectivity index (χ0) is 16.5. The first-order valence-corrected chi connectivity index (χ1v) is 8.11. The molecule has 1 aliphatic heterocycles. The molecule has 122 valence electrons. The molecule has 0 bridgehead atoms. The van der Waals surface area contributed by atoms with E-state index in [9.17, 15) is 15.0 Å². The Morgan fingerprint density at radius 2 is 1.92 bits per heavy atom. The highest BCUT2D eigenvalue weighted by Gasteiger charge is 2.52. The van der Waals surface area contributed by atoms with Gasteiger partial charge < -0.3 is 19.4 Å². The zero-order valence-corrected chi connectivity index (χ0v) is 12.9. The first kappa shape index (κ1) is 13.9.